The molecule has 7 rings (SSSR count). The summed E-state index contributed by atoms with van der Waals surface area (Å²) >= 11 is 0. The number of likely N-dealkylation sites (tertiary alicyclic amines) is 1. The van der Waals surface area contributed by atoms with E-state index >= 15 is 0 Å². The third kappa shape index (κ3) is 1.89. The lowest BCUT2D eigenvalue weighted by molar-refractivity contribution is -0.261. The molecule has 4 aliphatic carbocycles. The Morgan fingerprint density at radius 2 is 1.94 bits per heavy atom. The number of phenolic OH excluding ortho intramolecular Hbond substituents is 1. The lowest BCUT2D eigenvalue weighted by Gasteiger charge is -2.72. The second-order valence-corrected chi connectivity index (χ2v) is 12.0. The maximum atomic E-state index is 12.0. The quantitative estimate of drug-likeness (QED) is 0.711. The lowest BCUT2D eigenvalue weighted by atomic mass is 9.35. The fourth-order valence-corrected chi connectivity index (χ4v) is 8.22. The van der Waals surface area contributed by atoms with Crippen molar-refractivity contribution >= 4 is 0 Å². The van der Waals surface area contributed by atoms with Crippen LogP contribution < -0.4 is 4.74 Å². The van der Waals surface area contributed by atoms with Gasteiger partial charge in [-0.05, 0) is 56.8 Å². The molecule has 0 amide bonds. The first-order valence-electron chi connectivity index (χ1n) is 11.7. The van der Waals surface area contributed by atoms with E-state index in [2.05, 4.69) is 50.9 Å². The maximum Gasteiger partial charge on any atom is 0.165 e. The van der Waals surface area contributed by atoms with E-state index in [0.717, 1.165) is 25.8 Å². The highest BCUT2D eigenvalue weighted by molar-refractivity contribution is 5.65. The molecule has 31 heavy (non-hydrogen) atoms. The molecule has 0 aromatic heterocycles. The molecule has 7 atom stereocenters. The van der Waals surface area contributed by atoms with Crippen molar-refractivity contribution in [3.63, 3.8) is 0 Å². The summed E-state index contributed by atoms with van der Waals surface area (Å²) in [5.74, 6) is 0.746. The zero-order valence-corrected chi connectivity index (χ0v) is 19.5. The van der Waals surface area contributed by atoms with Crippen molar-refractivity contribution in [2.24, 2.45) is 16.7 Å². The average molecular weight is 426 g/mol. The number of phenols is 1. The van der Waals surface area contributed by atoms with Gasteiger partial charge in [0.1, 0.15) is 11.7 Å². The Morgan fingerprint density at radius 3 is 2.61 bits per heavy atom. The number of aliphatic hydroxyl groups is 1. The minimum Gasteiger partial charge on any atom is -0.504 e. The number of piperidine rings is 1. The average Bonchev–Trinajstić information content (AvgIpc) is 3.08. The van der Waals surface area contributed by atoms with Crippen molar-refractivity contribution < 1.29 is 19.7 Å². The van der Waals surface area contributed by atoms with Crippen molar-refractivity contribution in [2.75, 3.05) is 20.7 Å². The molecule has 1 aromatic rings. The molecule has 1 saturated carbocycles. The molecule has 5 heteroatoms. The summed E-state index contributed by atoms with van der Waals surface area (Å²) in [6.07, 6.45) is 7.12. The van der Waals surface area contributed by atoms with Crippen molar-refractivity contribution in [2.45, 2.75) is 75.7 Å². The van der Waals surface area contributed by atoms with Gasteiger partial charge in [0.05, 0.1) is 11.0 Å². The smallest absolute Gasteiger partial charge is 0.165 e. The summed E-state index contributed by atoms with van der Waals surface area (Å²) in [7, 11) is 3.99. The Kier molecular flexibility index (Phi) is 3.56. The van der Waals surface area contributed by atoms with Crippen LogP contribution in [0.3, 0.4) is 0 Å². The van der Waals surface area contributed by atoms with Gasteiger partial charge in [-0.1, -0.05) is 39.0 Å². The molecule has 2 fully saturated rings. The van der Waals surface area contributed by atoms with Gasteiger partial charge in [-0.3, -0.25) is 0 Å². The summed E-state index contributed by atoms with van der Waals surface area (Å²) in [5, 5.41) is 22.8. The molecule has 2 heterocycles. The highest BCUT2D eigenvalue weighted by atomic mass is 16.6. The number of benzene rings is 1. The maximum absolute atomic E-state index is 12.0. The minimum atomic E-state index is -0.963. The highest BCUT2D eigenvalue weighted by Gasteiger charge is 2.80. The Bertz CT molecular complexity index is 1010. The van der Waals surface area contributed by atoms with E-state index in [0.29, 0.717) is 11.8 Å². The van der Waals surface area contributed by atoms with Crippen LogP contribution >= 0.6 is 0 Å². The second kappa shape index (κ2) is 5.49. The van der Waals surface area contributed by atoms with E-state index in [-0.39, 0.29) is 34.0 Å². The number of likely N-dealkylation sites (N-methyl/N-ethyl adjacent to an activating group) is 1. The van der Waals surface area contributed by atoms with Crippen molar-refractivity contribution in [1.29, 1.82) is 0 Å². The van der Waals surface area contributed by atoms with Crippen LogP contribution in [0.15, 0.2) is 24.3 Å². The lowest BCUT2D eigenvalue weighted by Crippen LogP contribution is -2.81. The highest BCUT2D eigenvalue weighted by Crippen LogP contribution is 2.75. The normalized spacial score (nSPS) is 44.0. The van der Waals surface area contributed by atoms with Gasteiger partial charge in [0.15, 0.2) is 11.5 Å². The van der Waals surface area contributed by atoms with Crippen molar-refractivity contribution in [3.8, 4) is 11.5 Å². The molecule has 168 valence electrons. The Hall–Kier alpha value is -1.56. The van der Waals surface area contributed by atoms with Crippen molar-refractivity contribution in [3.05, 3.63) is 35.4 Å². The number of aromatic hydroxyl groups is 1. The molecule has 6 aliphatic rings. The fourth-order valence-electron chi connectivity index (χ4n) is 8.22. The van der Waals surface area contributed by atoms with E-state index < -0.39 is 11.2 Å². The molecule has 5 nitrogen and oxygen atoms in total. The largest absolute Gasteiger partial charge is 0.504 e. The van der Waals surface area contributed by atoms with Crippen molar-refractivity contribution in [1.82, 2.24) is 4.90 Å². The molecule has 5 unspecified atom stereocenters. The van der Waals surface area contributed by atoms with Crippen LogP contribution in [0.25, 0.3) is 0 Å². The Balaban J connectivity index is 1.68. The van der Waals surface area contributed by atoms with E-state index in [1.807, 2.05) is 6.92 Å². The standard InChI is InChI=1S/C26H35NO4/c1-22(2,3)23(4,29)17-14-24-9-10-26(17,30-6)21-25(24)11-12-27(5)18(24)13-15-7-8-16(28)20(31-21)19(15)25/h7-10,17-18,21,28-29H,11-14H2,1-6H3/t17?,18-,21?,23?,24?,25+,26?/m1/s1. The first-order chi connectivity index (χ1) is 14.5. The van der Waals surface area contributed by atoms with Gasteiger partial charge in [0.25, 0.3) is 0 Å². The van der Waals surface area contributed by atoms with Crippen LogP contribution in [-0.2, 0) is 16.6 Å². The van der Waals surface area contributed by atoms with Gasteiger partial charge < -0.3 is 24.6 Å². The third-order valence-corrected chi connectivity index (χ3v) is 10.3. The summed E-state index contributed by atoms with van der Waals surface area (Å²) in [6.45, 7) is 9.30. The molecule has 0 radical (unpaired) electrons. The fraction of sp³-hybridized carbons (Fsp3) is 0.692. The zero-order chi connectivity index (χ0) is 22.2. The molecule has 1 saturated heterocycles. The number of rotatable bonds is 2. The van der Waals surface area contributed by atoms with Gasteiger partial charge in [0.2, 0.25) is 0 Å². The number of hydrogen-bond acceptors (Lipinski definition) is 5. The second-order valence-electron chi connectivity index (χ2n) is 12.0. The van der Waals surface area contributed by atoms with Gasteiger partial charge in [-0.15, -0.1) is 0 Å². The zero-order valence-electron chi connectivity index (χ0n) is 19.5. The van der Waals surface area contributed by atoms with E-state index in [1.165, 1.54) is 11.1 Å². The molecular formula is C26H35NO4. The Morgan fingerprint density at radius 1 is 1.19 bits per heavy atom. The number of hydrogen-bond donors (Lipinski definition) is 2. The molecule has 1 aromatic carbocycles. The van der Waals surface area contributed by atoms with E-state index in [4.69, 9.17) is 9.47 Å². The van der Waals surface area contributed by atoms with E-state index in [1.54, 1.807) is 13.2 Å². The summed E-state index contributed by atoms with van der Waals surface area (Å²) in [5.41, 5.74) is 0.0738. The summed E-state index contributed by atoms with van der Waals surface area (Å²) in [4.78, 5) is 2.51. The van der Waals surface area contributed by atoms with Gasteiger partial charge in [-0.25, -0.2) is 0 Å². The SMILES string of the molecule is COC12C=CC3(CC1C(C)(O)C(C)(C)C)[C@H]1Cc4ccc(O)c5c4[C@@]3(CCN1C)C2O5. The van der Waals surface area contributed by atoms with Gasteiger partial charge in [-0.2, -0.15) is 0 Å². The van der Waals surface area contributed by atoms with Crippen LogP contribution in [0.2, 0.25) is 0 Å². The van der Waals surface area contributed by atoms with Crippen LogP contribution in [0.5, 0.6) is 11.5 Å². The van der Waals surface area contributed by atoms with E-state index in [9.17, 15) is 10.2 Å². The van der Waals surface area contributed by atoms with Gasteiger partial charge >= 0.3 is 0 Å². The first kappa shape index (κ1) is 20.1. The van der Waals surface area contributed by atoms with Crippen LogP contribution in [0, 0.1) is 16.7 Å². The van der Waals surface area contributed by atoms with Crippen LogP contribution in [0.4, 0.5) is 0 Å². The van der Waals surface area contributed by atoms with Crippen LogP contribution in [0.1, 0.15) is 51.7 Å². The number of ether oxygens (including phenoxy) is 2. The summed E-state index contributed by atoms with van der Waals surface area (Å²) in [6, 6.07) is 4.21. The third-order valence-electron chi connectivity index (χ3n) is 10.3. The Labute approximate surface area is 185 Å². The number of methoxy groups -OCH3 is 1. The topological polar surface area (TPSA) is 62.2 Å². The molecule has 2 aliphatic heterocycles. The number of nitrogens with zero attached hydrogens (tertiary/aromatic N) is 1. The molecular weight excluding hydrogens is 390 g/mol. The summed E-state index contributed by atoms with van der Waals surface area (Å²) < 4.78 is 13.1. The monoisotopic (exact) mass is 425 g/mol. The molecule has 2 spiro atoms. The van der Waals surface area contributed by atoms with Gasteiger partial charge in [0, 0.05) is 30.0 Å². The van der Waals surface area contributed by atoms with Crippen LogP contribution in [-0.4, -0.2) is 59.2 Å². The predicted molar refractivity (Wildman–Crippen MR) is 118 cm³/mol. The molecule has 4 bridgehead atoms. The minimum absolute atomic E-state index is 0.125. The molecule has 2 N–H and O–H groups in total. The number of fused-ring (bicyclic) bond motifs is 1. The predicted octanol–water partition coefficient (Wildman–Crippen LogP) is 3.41. The first-order valence-corrected chi connectivity index (χ1v) is 11.7.